The first-order valence-electron chi connectivity index (χ1n) is 9.74. The van der Waals surface area contributed by atoms with Crippen molar-refractivity contribution in [1.29, 1.82) is 0 Å². The first-order valence-corrected chi connectivity index (χ1v) is 11.2. The van der Waals surface area contributed by atoms with Gasteiger partial charge >= 0.3 is 0 Å². The number of H-pyrrole nitrogens is 1. The number of halogens is 1. The van der Waals surface area contributed by atoms with Crippen molar-refractivity contribution in [3.63, 3.8) is 0 Å². The molecule has 1 heterocycles. The van der Waals surface area contributed by atoms with Crippen LogP contribution in [0.5, 0.6) is 0 Å². The van der Waals surface area contributed by atoms with Crippen molar-refractivity contribution in [3.8, 4) is 0 Å². The normalized spacial score (nSPS) is 15.4. The number of fused-ring (bicyclic) bond motifs is 1. The maximum atomic E-state index is 13.4. The van der Waals surface area contributed by atoms with Gasteiger partial charge < -0.3 is 4.98 Å². The van der Waals surface area contributed by atoms with Gasteiger partial charge in [-0.2, -0.15) is 4.31 Å². The molecule has 3 aromatic rings. The maximum absolute atomic E-state index is 13.4. The molecule has 1 saturated carbocycles. The number of hydrogen-bond donors (Lipinski definition) is 1. The summed E-state index contributed by atoms with van der Waals surface area (Å²) in [4.78, 5) is 15.5. The van der Waals surface area contributed by atoms with Crippen LogP contribution in [0.1, 0.15) is 36.8 Å². The van der Waals surface area contributed by atoms with Gasteiger partial charge in [0.25, 0.3) is 5.56 Å². The first-order chi connectivity index (χ1) is 13.8. The highest BCUT2D eigenvalue weighted by Crippen LogP contribution is 2.30. The summed E-state index contributed by atoms with van der Waals surface area (Å²) < 4.78 is 41.4. The minimum absolute atomic E-state index is 0.0103. The number of nitrogens with zero attached hydrogens (tertiary/aromatic N) is 1. The van der Waals surface area contributed by atoms with E-state index in [1.165, 1.54) is 16.4 Å². The van der Waals surface area contributed by atoms with Crippen molar-refractivity contribution in [2.24, 2.45) is 0 Å². The van der Waals surface area contributed by atoms with Gasteiger partial charge in [-0.25, -0.2) is 12.8 Å². The molecule has 5 nitrogen and oxygen atoms in total. The molecule has 2 aromatic carbocycles. The van der Waals surface area contributed by atoms with Crippen molar-refractivity contribution >= 4 is 20.9 Å². The molecule has 0 amide bonds. The number of benzene rings is 2. The maximum Gasteiger partial charge on any atom is 0.252 e. The summed E-state index contributed by atoms with van der Waals surface area (Å²) >= 11 is 0. The molecule has 1 aromatic heterocycles. The quantitative estimate of drug-likeness (QED) is 0.683. The number of hydrogen-bond acceptors (Lipinski definition) is 3. The summed E-state index contributed by atoms with van der Waals surface area (Å²) in [6, 6.07) is 12.2. The Morgan fingerprint density at radius 3 is 2.45 bits per heavy atom. The van der Waals surface area contributed by atoms with E-state index in [0.717, 1.165) is 54.3 Å². The molecule has 0 atom stereocenters. The average Bonchev–Trinajstić information content (AvgIpc) is 3.21. The highest BCUT2D eigenvalue weighted by molar-refractivity contribution is 7.89. The molecular weight excluding hydrogens is 391 g/mol. The molecule has 0 radical (unpaired) electrons. The Bertz CT molecular complexity index is 1200. The number of rotatable bonds is 5. The molecule has 4 rings (SSSR count). The summed E-state index contributed by atoms with van der Waals surface area (Å²) in [7, 11) is -3.86. The summed E-state index contributed by atoms with van der Waals surface area (Å²) in [5, 5.41) is 0.866. The zero-order valence-corrected chi connectivity index (χ0v) is 17.0. The lowest BCUT2D eigenvalue weighted by Crippen LogP contribution is -2.39. The lowest BCUT2D eigenvalue weighted by molar-refractivity contribution is 0.315. The highest BCUT2D eigenvalue weighted by atomic mass is 32.2. The fourth-order valence-electron chi connectivity index (χ4n) is 4.00. The van der Waals surface area contributed by atoms with Crippen LogP contribution in [-0.4, -0.2) is 23.7 Å². The zero-order valence-electron chi connectivity index (χ0n) is 16.2. The van der Waals surface area contributed by atoms with E-state index in [0.29, 0.717) is 5.56 Å². The lowest BCUT2D eigenvalue weighted by Gasteiger charge is -2.28. The molecule has 0 unspecified atom stereocenters. The van der Waals surface area contributed by atoms with Gasteiger partial charge in [0.1, 0.15) is 5.82 Å². The van der Waals surface area contributed by atoms with Crippen molar-refractivity contribution in [2.45, 2.75) is 50.1 Å². The Morgan fingerprint density at radius 2 is 1.76 bits per heavy atom. The third kappa shape index (κ3) is 3.97. The average molecular weight is 415 g/mol. The molecule has 1 fully saturated rings. The highest BCUT2D eigenvalue weighted by Gasteiger charge is 2.34. The van der Waals surface area contributed by atoms with Crippen molar-refractivity contribution in [1.82, 2.24) is 9.29 Å². The SMILES string of the molecule is Cc1ccc2[nH]c(=O)c(CN(C3CCCC3)S(=O)(=O)c3ccc(F)cc3)cc2c1. The van der Waals surface area contributed by atoms with Crippen LogP contribution in [0.4, 0.5) is 4.39 Å². The van der Waals surface area contributed by atoms with Crippen LogP contribution in [0.3, 0.4) is 0 Å². The number of aromatic nitrogens is 1. The Labute approximate surface area is 169 Å². The van der Waals surface area contributed by atoms with E-state index >= 15 is 0 Å². The number of nitrogens with one attached hydrogen (secondary N) is 1. The van der Waals surface area contributed by atoms with Crippen molar-refractivity contribution in [2.75, 3.05) is 0 Å². The van der Waals surface area contributed by atoms with Crippen LogP contribution < -0.4 is 5.56 Å². The van der Waals surface area contributed by atoms with E-state index < -0.39 is 15.8 Å². The Hall–Kier alpha value is -2.51. The molecule has 29 heavy (non-hydrogen) atoms. The summed E-state index contributed by atoms with van der Waals surface area (Å²) in [5.74, 6) is -0.488. The number of aryl methyl sites for hydroxylation is 1. The van der Waals surface area contributed by atoms with Crippen LogP contribution in [-0.2, 0) is 16.6 Å². The monoisotopic (exact) mass is 414 g/mol. The molecular formula is C22H23FN2O3S. The molecule has 1 aliphatic rings. The number of aromatic amines is 1. The number of pyridine rings is 1. The smallest absolute Gasteiger partial charge is 0.252 e. The Morgan fingerprint density at radius 1 is 1.07 bits per heavy atom. The molecule has 1 N–H and O–H groups in total. The zero-order chi connectivity index (χ0) is 20.6. The first kappa shape index (κ1) is 19.8. The van der Waals surface area contributed by atoms with Gasteiger partial charge in [0.15, 0.2) is 0 Å². The summed E-state index contributed by atoms with van der Waals surface area (Å²) in [5.41, 5.74) is 1.89. The van der Waals surface area contributed by atoms with Gasteiger partial charge in [-0.05, 0) is 67.6 Å². The molecule has 0 bridgehead atoms. The van der Waals surface area contributed by atoms with Gasteiger partial charge in [0, 0.05) is 23.7 Å². The standard InChI is InChI=1S/C22H23FN2O3S/c1-15-6-11-21-16(12-15)13-17(22(26)24-21)14-25(19-4-2-3-5-19)29(27,28)20-9-7-18(23)8-10-20/h6-13,19H,2-5,14H2,1H3,(H,24,26). The molecule has 1 aliphatic carbocycles. The summed E-state index contributed by atoms with van der Waals surface area (Å²) in [6.45, 7) is 1.96. The fourth-order valence-corrected chi connectivity index (χ4v) is 5.66. The molecule has 0 aliphatic heterocycles. The van der Waals surface area contributed by atoms with Gasteiger partial charge in [0.2, 0.25) is 10.0 Å². The van der Waals surface area contributed by atoms with E-state index in [1.807, 2.05) is 25.1 Å². The van der Waals surface area contributed by atoms with Gasteiger partial charge in [-0.3, -0.25) is 4.79 Å². The largest absolute Gasteiger partial charge is 0.322 e. The van der Waals surface area contributed by atoms with E-state index in [9.17, 15) is 17.6 Å². The predicted octanol–water partition coefficient (Wildman–Crippen LogP) is 4.11. The summed E-state index contributed by atoms with van der Waals surface area (Å²) in [6.07, 6.45) is 3.41. The van der Waals surface area contributed by atoms with Crippen LogP contribution in [0.2, 0.25) is 0 Å². The van der Waals surface area contributed by atoms with Gasteiger partial charge in [-0.15, -0.1) is 0 Å². The Balaban J connectivity index is 1.77. The predicted molar refractivity (Wildman–Crippen MR) is 111 cm³/mol. The third-order valence-corrected chi connectivity index (χ3v) is 7.47. The van der Waals surface area contributed by atoms with E-state index in [4.69, 9.17) is 0 Å². The second-order valence-electron chi connectivity index (χ2n) is 7.66. The lowest BCUT2D eigenvalue weighted by atomic mass is 10.1. The van der Waals surface area contributed by atoms with Crippen molar-refractivity contribution in [3.05, 3.63) is 75.8 Å². The minimum Gasteiger partial charge on any atom is -0.322 e. The van der Waals surface area contributed by atoms with E-state index in [1.54, 1.807) is 6.07 Å². The van der Waals surface area contributed by atoms with Crippen LogP contribution in [0.15, 0.2) is 58.2 Å². The second-order valence-corrected chi connectivity index (χ2v) is 9.55. The molecule has 0 spiro atoms. The molecule has 152 valence electrons. The van der Waals surface area contributed by atoms with Gasteiger partial charge in [-0.1, -0.05) is 24.5 Å². The van der Waals surface area contributed by atoms with Crippen LogP contribution >= 0.6 is 0 Å². The molecule has 0 saturated heterocycles. The molecule has 7 heteroatoms. The second kappa shape index (κ2) is 7.72. The topological polar surface area (TPSA) is 70.2 Å². The fraction of sp³-hybridized carbons (Fsp3) is 0.318. The number of sulfonamides is 1. The van der Waals surface area contributed by atoms with Crippen LogP contribution in [0.25, 0.3) is 10.9 Å². The van der Waals surface area contributed by atoms with Gasteiger partial charge in [0.05, 0.1) is 4.90 Å². The van der Waals surface area contributed by atoms with E-state index in [-0.39, 0.29) is 23.0 Å². The van der Waals surface area contributed by atoms with Crippen LogP contribution in [0, 0.1) is 12.7 Å². The third-order valence-electron chi connectivity index (χ3n) is 5.56. The van der Waals surface area contributed by atoms with E-state index in [2.05, 4.69) is 4.98 Å². The Kier molecular flexibility index (Phi) is 5.27. The van der Waals surface area contributed by atoms with Crippen molar-refractivity contribution < 1.29 is 12.8 Å². The minimum atomic E-state index is -3.86.